The van der Waals surface area contributed by atoms with E-state index in [4.69, 9.17) is 15.2 Å². The number of benzene rings is 1. The maximum atomic E-state index is 13.7. The van der Waals surface area contributed by atoms with E-state index < -0.39 is 53.9 Å². The molecule has 0 saturated heterocycles. The fraction of sp³-hybridized carbons (Fsp3) is 0.560. The van der Waals surface area contributed by atoms with Crippen molar-refractivity contribution in [3.8, 4) is 0 Å². The predicted molar refractivity (Wildman–Crippen MR) is 130 cm³/mol. The number of amides is 4. The van der Waals surface area contributed by atoms with Crippen LogP contribution < -0.4 is 16.4 Å². The molecule has 1 aromatic rings. The molecule has 198 valence electrons. The van der Waals surface area contributed by atoms with Crippen LogP contribution in [0.1, 0.15) is 65.0 Å². The molecule has 0 spiro atoms. The lowest BCUT2D eigenvalue weighted by atomic mass is 10.0. The molecular formula is C25H36N4O7. The third-order valence-electron chi connectivity index (χ3n) is 5.16. The molecule has 1 saturated carbocycles. The van der Waals surface area contributed by atoms with Gasteiger partial charge >= 0.3 is 12.1 Å². The molecule has 2 rings (SSSR count). The van der Waals surface area contributed by atoms with Crippen molar-refractivity contribution in [2.45, 2.75) is 77.1 Å². The van der Waals surface area contributed by atoms with Crippen LogP contribution in [0.15, 0.2) is 30.3 Å². The molecule has 0 radical (unpaired) electrons. The Morgan fingerprint density at radius 2 is 1.75 bits per heavy atom. The first kappa shape index (κ1) is 28.6. The first-order valence-corrected chi connectivity index (χ1v) is 12.0. The van der Waals surface area contributed by atoms with E-state index in [0.29, 0.717) is 18.4 Å². The van der Waals surface area contributed by atoms with Crippen molar-refractivity contribution in [2.24, 2.45) is 5.73 Å². The van der Waals surface area contributed by atoms with Crippen LogP contribution in [0.5, 0.6) is 0 Å². The lowest BCUT2D eigenvalue weighted by molar-refractivity contribution is -0.145. The number of carbonyl (C=O) groups is 5. The number of rotatable bonds is 12. The third kappa shape index (κ3) is 9.20. The van der Waals surface area contributed by atoms with Crippen molar-refractivity contribution in [1.82, 2.24) is 15.5 Å². The van der Waals surface area contributed by atoms with Gasteiger partial charge in [0.2, 0.25) is 17.7 Å². The zero-order chi connectivity index (χ0) is 26.9. The monoisotopic (exact) mass is 504 g/mol. The molecule has 4 N–H and O–H groups in total. The van der Waals surface area contributed by atoms with Crippen LogP contribution >= 0.6 is 0 Å². The minimum Gasteiger partial charge on any atom is -0.466 e. The van der Waals surface area contributed by atoms with Gasteiger partial charge in [0.15, 0.2) is 0 Å². The van der Waals surface area contributed by atoms with Gasteiger partial charge in [0.1, 0.15) is 17.7 Å². The number of carbonyl (C=O) groups excluding carboxylic acids is 5. The molecule has 2 unspecified atom stereocenters. The summed E-state index contributed by atoms with van der Waals surface area (Å²) < 4.78 is 10.1. The fourth-order valence-electron chi connectivity index (χ4n) is 3.59. The third-order valence-corrected chi connectivity index (χ3v) is 5.16. The van der Waals surface area contributed by atoms with Gasteiger partial charge in [-0.3, -0.25) is 19.2 Å². The predicted octanol–water partition coefficient (Wildman–Crippen LogP) is 1.56. The van der Waals surface area contributed by atoms with E-state index in [-0.39, 0.29) is 25.6 Å². The van der Waals surface area contributed by atoms with Crippen LogP contribution in [0.2, 0.25) is 0 Å². The minimum absolute atomic E-state index is 0.0224. The fourth-order valence-corrected chi connectivity index (χ4v) is 3.59. The molecule has 0 heterocycles. The SMILES string of the molecule is CCOC(=O)CCNC(=O)C(c1ccccc1)N(C(=O)C(CC(N)=O)NC(=O)OC(C)(C)C)C1CC1. The van der Waals surface area contributed by atoms with Gasteiger partial charge in [-0.15, -0.1) is 0 Å². The second-order valence-electron chi connectivity index (χ2n) is 9.51. The highest BCUT2D eigenvalue weighted by atomic mass is 16.6. The van der Waals surface area contributed by atoms with Gasteiger partial charge in [-0.1, -0.05) is 30.3 Å². The highest BCUT2D eigenvalue weighted by molar-refractivity contribution is 5.95. The Balaban J connectivity index is 2.32. The second kappa shape index (κ2) is 12.9. The van der Waals surface area contributed by atoms with Gasteiger partial charge in [-0.05, 0) is 46.1 Å². The minimum atomic E-state index is -1.32. The standard InChI is InChI=1S/C25H36N4O7/c1-5-35-20(31)13-14-27-22(32)21(16-9-7-6-8-10-16)29(17-11-12-17)23(33)18(15-19(26)30)28-24(34)36-25(2,3)4/h6-10,17-18,21H,5,11-15H2,1-4H3,(H2,26,30)(H,27,32)(H,28,34). The summed E-state index contributed by atoms with van der Waals surface area (Å²) in [5, 5.41) is 5.14. The molecule has 1 fully saturated rings. The van der Waals surface area contributed by atoms with Crippen LogP contribution in [-0.2, 0) is 28.7 Å². The van der Waals surface area contributed by atoms with Gasteiger partial charge < -0.3 is 30.7 Å². The smallest absolute Gasteiger partial charge is 0.408 e. The molecule has 4 amide bonds. The van der Waals surface area contributed by atoms with Gasteiger partial charge in [0, 0.05) is 12.6 Å². The first-order valence-electron chi connectivity index (χ1n) is 12.0. The molecule has 11 nitrogen and oxygen atoms in total. The summed E-state index contributed by atoms with van der Waals surface area (Å²) in [6.07, 6.45) is -0.0640. The Morgan fingerprint density at radius 1 is 1.11 bits per heavy atom. The van der Waals surface area contributed by atoms with Crippen molar-refractivity contribution < 1.29 is 33.4 Å². The zero-order valence-corrected chi connectivity index (χ0v) is 21.2. The molecular weight excluding hydrogens is 468 g/mol. The van der Waals surface area contributed by atoms with Crippen molar-refractivity contribution in [3.63, 3.8) is 0 Å². The molecule has 1 aliphatic rings. The number of hydrogen-bond donors (Lipinski definition) is 3. The number of alkyl carbamates (subject to hydrolysis) is 1. The lowest BCUT2D eigenvalue weighted by Gasteiger charge is -2.34. The highest BCUT2D eigenvalue weighted by Crippen LogP contribution is 2.35. The molecule has 0 aromatic heterocycles. The molecule has 1 aliphatic carbocycles. The zero-order valence-electron chi connectivity index (χ0n) is 21.2. The van der Waals surface area contributed by atoms with Gasteiger partial charge in [0.05, 0.1) is 19.4 Å². The number of nitrogens with zero attached hydrogens (tertiary/aromatic N) is 1. The van der Waals surface area contributed by atoms with Crippen LogP contribution in [0.4, 0.5) is 4.79 Å². The Bertz CT molecular complexity index is 941. The van der Waals surface area contributed by atoms with Crippen LogP contribution in [0.25, 0.3) is 0 Å². The molecule has 0 aliphatic heterocycles. The molecule has 36 heavy (non-hydrogen) atoms. The molecule has 11 heteroatoms. The van der Waals surface area contributed by atoms with E-state index in [1.165, 1.54) is 4.90 Å². The number of primary amides is 1. The Labute approximate surface area is 211 Å². The number of nitrogens with two attached hydrogens (primary N) is 1. The van der Waals surface area contributed by atoms with Gasteiger partial charge in [-0.25, -0.2) is 4.79 Å². The van der Waals surface area contributed by atoms with E-state index in [0.717, 1.165) is 0 Å². The van der Waals surface area contributed by atoms with E-state index >= 15 is 0 Å². The highest BCUT2D eigenvalue weighted by Gasteiger charge is 2.44. The number of esters is 1. The summed E-state index contributed by atoms with van der Waals surface area (Å²) in [4.78, 5) is 64.3. The average Bonchev–Trinajstić information content (AvgIpc) is 3.60. The summed E-state index contributed by atoms with van der Waals surface area (Å²) in [5.74, 6) is -2.38. The molecule has 2 atom stereocenters. The summed E-state index contributed by atoms with van der Waals surface area (Å²) in [7, 11) is 0. The lowest BCUT2D eigenvalue weighted by Crippen LogP contribution is -2.54. The van der Waals surface area contributed by atoms with Gasteiger partial charge in [0.25, 0.3) is 0 Å². The second-order valence-corrected chi connectivity index (χ2v) is 9.51. The summed E-state index contributed by atoms with van der Waals surface area (Å²) >= 11 is 0. The number of hydrogen-bond acceptors (Lipinski definition) is 7. The van der Waals surface area contributed by atoms with E-state index in [9.17, 15) is 24.0 Å². The van der Waals surface area contributed by atoms with E-state index in [2.05, 4.69) is 10.6 Å². The quantitative estimate of drug-likeness (QED) is 0.365. The molecule has 0 bridgehead atoms. The number of ether oxygens (including phenoxy) is 2. The van der Waals surface area contributed by atoms with Crippen LogP contribution in [0.3, 0.4) is 0 Å². The van der Waals surface area contributed by atoms with Crippen molar-refractivity contribution in [1.29, 1.82) is 0 Å². The maximum absolute atomic E-state index is 13.7. The largest absolute Gasteiger partial charge is 0.466 e. The van der Waals surface area contributed by atoms with E-state index in [1.807, 2.05) is 0 Å². The normalized spacial score (nSPS) is 14.7. The Kier molecular flexibility index (Phi) is 10.2. The van der Waals surface area contributed by atoms with Crippen LogP contribution in [-0.4, -0.2) is 65.5 Å². The van der Waals surface area contributed by atoms with Crippen LogP contribution in [0, 0.1) is 0 Å². The average molecular weight is 505 g/mol. The van der Waals surface area contributed by atoms with Crippen molar-refractivity contribution in [2.75, 3.05) is 13.2 Å². The summed E-state index contributed by atoms with van der Waals surface area (Å²) in [5.41, 5.74) is 5.08. The Hall–Kier alpha value is -3.63. The maximum Gasteiger partial charge on any atom is 0.408 e. The topological polar surface area (TPSA) is 157 Å². The Morgan fingerprint density at radius 3 is 2.28 bits per heavy atom. The van der Waals surface area contributed by atoms with Crippen molar-refractivity contribution >= 4 is 29.8 Å². The van der Waals surface area contributed by atoms with E-state index in [1.54, 1.807) is 58.0 Å². The summed E-state index contributed by atoms with van der Waals surface area (Å²) in [6, 6.07) is 6.04. The molecule has 1 aromatic carbocycles. The van der Waals surface area contributed by atoms with Crippen molar-refractivity contribution in [3.05, 3.63) is 35.9 Å². The van der Waals surface area contributed by atoms with Gasteiger partial charge in [-0.2, -0.15) is 0 Å². The summed E-state index contributed by atoms with van der Waals surface area (Å²) in [6.45, 7) is 6.94. The number of nitrogens with one attached hydrogen (secondary N) is 2. The first-order chi connectivity index (χ1) is 16.9.